The molecule has 0 aliphatic rings. The summed E-state index contributed by atoms with van der Waals surface area (Å²) >= 11 is 1.41. The Kier molecular flexibility index (Phi) is 4.39. The lowest BCUT2D eigenvalue weighted by atomic mass is 10.0. The van der Waals surface area contributed by atoms with E-state index >= 15 is 0 Å². The molecule has 0 saturated carbocycles. The Hall–Kier alpha value is -2.66. The second kappa shape index (κ2) is 6.62. The molecular formula is C18H16N2O2S. The van der Waals surface area contributed by atoms with Gasteiger partial charge < -0.3 is 4.74 Å². The lowest BCUT2D eigenvalue weighted by molar-refractivity contribution is 0.0958. The van der Waals surface area contributed by atoms with Crippen molar-refractivity contribution in [3.63, 3.8) is 0 Å². The quantitative estimate of drug-likeness (QED) is 0.583. The third-order valence-electron chi connectivity index (χ3n) is 3.58. The number of nitrogens with one attached hydrogen (secondary N) is 1. The van der Waals surface area contributed by atoms with E-state index in [1.165, 1.54) is 11.3 Å². The Balaban J connectivity index is 1.84. The van der Waals surface area contributed by atoms with E-state index in [0.29, 0.717) is 4.88 Å². The second-order valence-corrected chi connectivity index (χ2v) is 5.95. The summed E-state index contributed by atoms with van der Waals surface area (Å²) in [6, 6.07) is 13.7. The van der Waals surface area contributed by atoms with E-state index in [1.807, 2.05) is 54.8 Å². The molecule has 0 spiro atoms. The molecule has 0 fully saturated rings. The number of carbonyl (C=O) groups excluding carboxylic acids is 1. The average Bonchev–Trinajstić information content (AvgIpc) is 3.01. The number of aryl methyl sites for hydroxylation is 1. The summed E-state index contributed by atoms with van der Waals surface area (Å²) in [7, 11) is 1.65. The molecule has 0 atom stereocenters. The van der Waals surface area contributed by atoms with Crippen molar-refractivity contribution in [2.45, 2.75) is 6.92 Å². The van der Waals surface area contributed by atoms with Gasteiger partial charge >= 0.3 is 0 Å². The first kappa shape index (κ1) is 15.2. The topological polar surface area (TPSA) is 50.7 Å². The molecule has 5 heteroatoms. The van der Waals surface area contributed by atoms with Crippen LogP contribution in [0.3, 0.4) is 0 Å². The number of benzene rings is 2. The van der Waals surface area contributed by atoms with Gasteiger partial charge in [0.05, 0.1) is 18.2 Å². The van der Waals surface area contributed by atoms with Gasteiger partial charge in [0.1, 0.15) is 5.75 Å². The van der Waals surface area contributed by atoms with Crippen LogP contribution in [-0.4, -0.2) is 19.2 Å². The number of methoxy groups -OCH3 is 1. The molecule has 0 aliphatic heterocycles. The molecule has 0 saturated heterocycles. The molecule has 23 heavy (non-hydrogen) atoms. The summed E-state index contributed by atoms with van der Waals surface area (Å²) in [5.74, 6) is 0.627. The molecule has 0 aliphatic carbocycles. The summed E-state index contributed by atoms with van der Waals surface area (Å²) in [5.41, 5.74) is 4.45. The van der Waals surface area contributed by atoms with Crippen LogP contribution in [0.2, 0.25) is 0 Å². The molecule has 1 heterocycles. The highest BCUT2D eigenvalue weighted by Crippen LogP contribution is 2.27. The highest BCUT2D eigenvalue weighted by atomic mass is 32.1. The second-order valence-electron chi connectivity index (χ2n) is 5.03. The van der Waals surface area contributed by atoms with Crippen molar-refractivity contribution in [2.24, 2.45) is 5.10 Å². The van der Waals surface area contributed by atoms with Crippen molar-refractivity contribution in [1.82, 2.24) is 5.43 Å². The van der Waals surface area contributed by atoms with Crippen LogP contribution >= 0.6 is 11.3 Å². The molecule has 3 aromatic rings. The molecule has 0 bridgehead atoms. The number of rotatable bonds is 4. The average molecular weight is 324 g/mol. The molecule has 0 radical (unpaired) electrons. The Morgan fingerprint density at radius 1 is 1.17 bits per heavy atom. The van der Waals surface area contributed by atoms with E-state index in [1.54, 1.807) is 13.3 Å². The van der Waals surface area contributed by atoms with Gasteiger partial charge in [-0.25, -0.2) is 5.43 Å². The van der Waals surface area contributed by atoms with Crippen molar-refractivity contribution >= 4 is 34.2 Å². The number of amides is 1. The van der Waals surface area contributed by atoms with Crippen LogP contribution in [0.25, 0.3) is 10.8 Å². The number of fused-ring (bicyclic) bond motifs is 1. The van der Waals surface area contributed by atoms with E-state index in [4.69, 9.17) is 4.74 Å². The van der Waals surface area contributed by atoms with E-state index in [0.717, 1.165) is 27.6 Å². The molecule has 1 aromatic heterocycles. The van der Waals surface area contributed by atoms with Gasteiger partial charge in [-0.1, -0.05) is 24.3 Å². The number of hydrazone groups is 1. The number of hydrogen-bond donors (Lipinski definition) is 1. The maximum atomic E-state index is 12.0. The zero-order valence-corrected chi connectivity index (χ0v) is 13.7. The fourth-order valence-corrected chi connectivity index (χ4v) is 3.22. The largest absolute Gasteiger partial charge is 0.496 e. The number of thiophene rings is 1. The standard InChI is InChI=1S/C18H16N2O2S/c1-12-9-10-23-17(12)18(21)20-19-11-13-7-8-16(22-2)15-6-4-3-5-14(13)15/h3-11H,1-2H3,(H,20,21)/b19-11-. The maximum absolute atomic E-state index is 12.0. The molecule has 2 aromatic carbocycles. The Labute approximate surface area is 138 Å². The first-order valence-electron chi connectivity index (χ1n) is 7.14. The zero-order chi connectivity index (χ0) is 16.2. The number of hydrogen-bond acceptors (Lipinski definition) is 4. The van der Waals surface area contributed by atoms with Crippen molar-refractivity contribution in [2.75, 3.05) is 7.11 Å². The normalized spacial score (nSPS) is 11.0. The first-order valence-corrected chi connectivity index (χ1v) is 8.02. The zero-order valence-electron chi connectivity index (χ0n) is 12.9. The van der Waals surface area contributed by atoms with Crippen LogP contribution in [0.15, 0.2) is 52.9 Å². The molecule has 3 rings (SSSR count). The first-order chi connectivity index (χ1) is 11.2. The summed E-state index contributed by atoms with van der Waals surface area (Å²) in [6.07, 6.45) is 1.66. The van der Waals surface area contributed by atoms with Crippen LogP contribution in [0.1, 0.15) is 20.8 Å². The summed E-state index contributed by atoms with van der Waals surface area (Å²) < 4.78 is 5.37. The summed E-state index contributed by atoms with van der Waals surface area (Å²) in [4.78, 5) is 12.7. The van der Waals surface area contributed by atoms with Gasteiger partial charge in [0, 0.05) is 10.9 Å². The third kappa shape index (κ3) is 3.10. The minimum atomic E-state index is -0.188. The maximum Gasteiger partial charge on any atom is 0.281 e. The van der Waals surface area contributed by atoms with Gasteiger partial charge in [-0.15, -0.1) is 11.3 Å². The van der Waals surface area contributed by atoms with Crippen LogP contribution in [0.5, 0.6) is 5.75 Å². The Morgan fingerprint density at radius 2 is 1.96 bits per heavy atom. The molecular weight excluding hydrogens is 308 g/mol. The fraction of sp³-hybridized carbons (Fsp3) is 0.111. The van der Waals surface area contributed by atoms with Crippen LogP contribution in [0, 0.1) is 6.92 Å². The van der Waals surface area contributed by atoms with Crippen molar-refractivity contribution in [1.29, 1.82) is 0 Å². The number of carbonyl (C=O) groups is 1. The van der Waals surface area contributed by atoms with E-state index in [-0.39, 0.29) is 5.91 Å². The fourth-order valence-electron chi connectivity index (χ4n) is 2.40. The minimum Gasteiger partial charge on any atom is -0.496 e. The molecule has 0 unspecified atom stereocenters. The number of ether oxygens (including phenoxy) is 1. The van der Waals surface area contributed by atoms with Crippen LogP contribution in [0.4, 0.5) is 0 Å². The van der Waals surface area contributed by atoms with Gasteiger partial charge in [-0.3, -0.25) is 4.79 Å². The Morgan fingerprint density at radius 3 is 2.65 bits per heavy atom. The lowest BCUT2D eigenvalue weighted by Crippen LogP contribution is -2.17. The number of nitrogens with zero attached hydrogens (tertiary/aromatic N) is 1. The molecule has 1 amide bonds. The van der Waals surface area contributed by atoms with Gasteiger partial charge in [0.2, 0.25) is 0 Å². The molecule has 4 nitrogen and oxygen atoms in total. The van der Waals surface area contributed by atoms with E-state index in [9.17, 15) is 4.79 Å². The highest BCUT2D eigenvalue weighted by molar-refractivity contribution is 7.12. The van der Waals surface area contributed by atoms with Gasteiger partial charge in [0.25, 0.3) is 5.91 Å². The van der Waals surface area contributed by atoms with Crippen LogP contribution < -0.4 is 10.2 Å². The molecule has 1 N–H and O–H groups in total. The monoisotopic (exact) mass is 324 g/mol. The van der Waals surface area contributed by atoms with Crippen molar-refractivity contribution in [3.05, 3.63) is 63.8 Å². The smallest absolute Gasteiger partial charge is 0.281 e. The van der Waals surface area contributed by atoms with Crippen LogP contribution in [-0.2, 0) is 0 Å². The van der Waals surface area contributed by atoms with Crippen molar-refractivity contribution < 1.29 is 9.53 Å². The van der Waals surface area contributed by atoms with Crippen molar-refractivity contribution in [3.8, 4) is 5.75 Å². The summed E-state index contributed by atoms with van der Waals surface area (Å²) in [5, 5.41) is 8.02. The van der Waals surface area contributed by atoms with E-state index < -0.39 is 0 Å². The highest BCUT2D eigenvalue weighted by Gasteiger charge is 2.09. The van der Waals surface area contributed by atoms with Gasteiger partial charge in [-0.2, -0.15) is 5.10 Å². The third-order valence-corrected chi connectivity index (χ3v) is 4.59. The SMILES string of the molecule is COc1ccc(/C=N\NC(=O)c2sccc2C)c2ccccc12. The predicted octanol–water partition coefficient (Wildman–Crippen LogP) is 3.98. The van der Waals surface area contributed by atoms with Gasteiger partial charge in [-0.05, 0) is 41.5 Å². The lowest BCUT2D eigenvalue weighted by Gasteiger charge is -2.07. The predicted molar refractivity (Wildman–Crippen MR) is 94.6 cm³/mol. The Bertz CT molecular complexity index is 884. The minimum absolute atomic E-state index is 0.188. The van der Waals surface area contributed by atoms with Gasteiger partial charge in [0.15, 0.2) is 0 Å². The summed E-state index contributed by atoms with van der Waals surface area (Å²) in [6.45, 7) is 1.91. The molecule has 116 valence electrons. The van der Waals surface area contributed by atoms with E-state index in [2.05, 4.69) is 10.5 Å².